The Labute approximate surface area is 126 Å². The molecule has 0 aliphatic rings. The van der Waals surface area contributed by atoms with E-state index in [0.29, 0.717) is 11.3 Å². The molecule has 10 heteroatoms. The molecule has 1 aromatic heterocycles. The Bertz CT molecular complexity index is 771. The van der Waals surface area contributed by atoms with Crippen molar-refractivity contribution in [2.75, 3.05) is 6.61 Å². The van der Waals surface area contributed by atoms with Gasteiger partial charge in [0, 0.05) is 13.6 Å². The van der Waals surface area contributed by atoms with E-state index in [4.69, 9.17) is 9.84 Å². The molecule has 0 aliphatic heterocycles. The average Bonchev–Trinajstić information content (AvgIpc) is 2.91. The quantitative estimate of drug-likeness (QED) is 0.719. The highest BCUT2D eigenvalue weighted by molar-refractivity contribution is 7.89. The fraction of sp³-hybridized carbons (Fsp3) is 0.250. The van der Waals surface area contributed by atoms with E-state index in [1.165, 1.54) is 7.05 Å². The first-order valence-electron chi connectivity index (χ1n) is 6.16. The maximum atomic E-state index is 12.1. The summed E-state index contributed by atoms with van der Waals surface area (Å²) in [5, 5.41) is 15.6. The van der Waals surface area contributed by atoms with Gasteiger partial charge in [0.25, 0.3) is 10.0 Å². The number of rotatable bonds is 7. The third kappa shape index (κ3) is 4.02. The molecular formula is C12H14N4O5S. The molecule has 9 nitrogen and oxygen atoms in total. The van der Waals surface area contributed by atoms with Crippen LogP contribution in [0.25, 0.3) is 0 Å². The predicted octanol–water partition coefficient (Wildman–Crippen LogP) is -0.243. The van der Waals surface area contributed by atoms with Crippen molar-refractivity contribution >= 4 is 16.0 Å². The fourth-order valence-corrected chi connectivity index (χ4v) is 2.74. The van der Waals surface area contributed by atoms with Crippen LogP contribution in [0.4, 0.5) is 0 Å². The molecule has 1 aromatic carbocycles. The number of benzene rings is 1. The molecule has 0 spiro atoms. The van der Waals surface area contributed by atoms with Gasteiger partial charge in [-0.05, 0) is 17.7 Å². The van der Waals surface area contributed by atoms with Crippen molar-refractivity contribution in [3.05, 3.63) is 36.0 Å². The highest BCUT2D eigenvalue weighted by atomic mass is 32.2. The Morgan fingerprint density at radius 3 is 2.86 bits per heavy atom. The SMILES string of the molecule is Cn1nncc1S(=O)(=O)NCc1cccc(OCC(=O)O)c1. The Morgan fingerprint density at radius 2 is 2.23 bits per heavy atom. The smallest absolute Gasteiger partial charge is 0.341 e. The van der Waals surface area contributed by atoms with E-state index in [2.05, 4.69) is 15.0 Å². The molecule has 0 saturated heterocycles. The number of aliphatic carboxylic acids is 1. The van der Waals surface area contributed by atoms with E-state index in [-0.39, 0.29) is 11.6 Å². The van der Waals surface area contributed by atoms with Crippen molar-refractivity contribution in [1.82, 2.24) is 19.7 Å². The molecule has 2 N–H and O–H groups in total. The van der Waals surface area contributed by atoms with Gasteiger partial charge in [0.15, 0.2) is 11.6 Å². The lowest BCUT2D eigenvalue weighted by atomic mass is 10.2. The summed E-state index contributed by atoms with van der Waals surface area (Å²) in [5.74, 6) is -0.740. The van der Waals surface area contributed by atoms with Crippen molar-refractivity contribution in [2.45, 2.75) is 11.6 Å². The van der Waals surface area contributed by atoms with Crippen LogP contribution >= 0.6 is 0 Å². The highest BCUT2D eigenvalue weighted by Crippen LogP contribution is 2.14. The molecular weight excluding hydrogens is 312 g/mol. The molecule has 0 radical (unpaired) electrons. The minimum absolute atomic E-state index is 0.0256. The molecule has 0 bridgehead atoms. The normalized spacial score (nSPS) is 11.3. The van der Waals surface area contributed by atoms with Crippen molar-refractivity contribution in [3.63, 3.8) is 0 Å². The fourth-order valence-electron chi connectivity index (χ4n) is 1.67. The molecule has 118 valence electrons. The summed E-state index contributed by atoms with van der Waals surface area (Å²) in [5.41, 5.74) is 0.626. The lowest BCUT2D eigenvalue weighted by Gasteiger charge is -2.08. The lowest BCUT2D eigenvalue weighted by molar-refractivity contribution is -0.139. The summed E-state index contributed by atoms with van der Waals surface area (Å²) in [7, 11) is -2.26. The van der Waals surface area contributed by atoms with Crippen molar-refractivity contribution in [3.8, 4) is 5.75 Å². The number of aryl methyl sites for hydroxylation is 1. The zero-order valence-corrected chi connectivity index (χ0v) is 12.4. The van der Waals surface area contributed by atoms with Gasteiger partial charge in [-0.2, -0.15) is 0 Å². The molecule has 0 unspecified atom stereocenters. The number of carbonyl (C=O) groups is 1. The highest BCUT2D eigenvalue weighted by Gasteiger charge is 2.18. The molecule has 22 heavy (non-hydrogen) atoms. The number of nitrogens with one attached hydrogen (secondary N) is 1. The molecule has 0 fully saturated rings. The van der Waals surface area contributed by atoms with Crippen LogP contribution in [-0.2, 0) is 28.4 Å². The first-order chi connectivity index (χ1) is 10.4. The van der Waals surface area contributed by atoms with Gasteiger partial charge in [0.2, 0.25) is 0 Å². The third-order valence-corrected chi connectivity index (χ3v) is 4.12. The number of hydrogen-bond acceptors (Lipinski definition) is 6. The van der Waals surface area contributed by atoms with Crippen molar-refractivity contribution in [1.29, 1.82) is 0 Å². The summed E-state index contributed by atoms with van der Waals surface area (Å²) >= 11 is 0. The maximum absolute atomic E-state index is 12.1. The molecule has 2 aromatic rings. The van der Waals surface area contributed by atoms with Crippen molar-refractivity contribution in [2.24, 2.45) is 7.05 Å². The standard InChI is InChI=1S/C12H14N4O5S/c1-16-11(7-13-15-16)22(19,20)14-6-9-3-2-4-10(5-9)21-8-12(17)18/h2-5,7,14H,6,8H2,1H3,(H,17,18). The number of aromatic nitrogens is 3. The molecule has 0 aliphatic carbocycles. The van der Waals surface area contributed by atoms with Crippen molar-refractivity contribution < 1.29 is 23.1 Å². The van der Waals surface area contributed by atoms with Crippen LogP contribution in [0.3, 0.4) is 0 Å². The van der Waals surface area contributed by atoms with Gasteiger partial charge in [-0.1, -0.05) is 17.3 Å². The lowest BCUT2D eigenvalue weighted by Crippen LogP contribution is -2.25. The minimum atomic E-state index is -3.73. The van der Waals surface area contributed by atoms with Crippen LogP contribution in [0.15, 0.2) is 35.5 Å². The molecule has 0 saturated carbocycles. The Balaban J connectivity index is 2.04. The van der Waals surface area contributed by atoms with Gasteiger partial charge < -0.3 is 9.84 Å². The van der Waals surface area contributed by atoms with Gasteiger partial charge in [-0.3, -0.25) is 0 Å². The number of hydrogen-bond donors (Lipinski definition) is 2. The van der Waals surface area contributed by atoms with E-state index >= 15 is 0 Å². The van der Waals surface area contributed by atoms with Gasteiger partial charge in [0.05, 0.1) is 6.20 Å². The maximum Gasteiger partial charge on any atom is 0.341 e. The van der Waals surface area contributed by atoms with Gasteiger partial charge in [-0.15, -0.1) is 5.10 Å². The zero-order valence-electron chi connectivity index (χ0n) is 11.6. The predicted molar refractivity (Wildman–Crippen MR) is 74.6 cm³/mol. The molecule has 0 atom stereocenters. The third-order valence-electron chi connectivity index (χ3n) is 2.68. The Hall–Kier alpha value is -2.46. The van der Waals surface area contributed by atoms with Gasteiger partial charge in [0.1, 0.15) is 5.75 Å². The van der Waals surface area contributed by atoms with Crippen LogP contribution in [-0.4, -0.2) is 41.1 Å². The topological polar surface area (TPSA) is 123 Å². The van der Waals surface area contributed by atoms with Crippen LogP contribution in [0.5, 0.6) is 5.75 Å². The van der Waals surface area contributed by atoms with Gasteiger partial charge >= 0.3 is 5.97 Å². The van der Waals surface area contributed by atoms with E-state index in [1.54, 1.807) is 24.3 Å². The van der Waals surface area contributed by atoms with E-state index in [9.17, 15) is 13.2 Å². The summed E-state index contributed by atoms with van der Waals surface area (Å²) in [6.07, 6.45) is 1.15. The zero-order chi connectivity index (χ0) is 16.2. The van der Waals surface area contributed by atoms with Crippen LogP contribution in [0.2, 0.25) is 0 Å². The monoisotopic (exact) mass is 326 g/mol. The first kappa shape index (κ1) is 15.9. The Morgan fingerprint density at radius 1 is 1.45 bits per heavy atom. The van der Waals surface area contributed by atoms with Crippen LogP contribution in [0.1, 0.15) is 5.56 Å². The average molecular weight is 326 g/mol. The second-order valence-corrected chi connectivity index (χ2v) is 6.06. The van der Waals surface area contributed by atoms with E-state index < -0.39 is 22.6 Å². The number of nitrogens with zero attached hydrogens (tertiary/aromatic N) is 3. The van der Waals surface area contributed by atoms with E-state index in [1.807, 2.05) is 0 Å². The summed E-state index contributed by atoms with van der Waals surface area (Å²) in [6.45, 7) is -0.437. The second kappa shape index (κ2) is 6.54. The summed E-state index contributed by atoms with van der Waals surface area (Å²) in [4.78, 5) is 10.4. The van der Waals surface area contributed by atoms with Gasteiger partial charge in [-0.25, -0.2) is 22.6 Å². The largest absolute Gasteiger partial charge is 0.482 e. The number of sulfonamides is 1. The molecule has 1 heterocycles. The number of ether oxygens (including phenoxy) is 1. The minimum Gasteiger partial charge on any atom is -0.482 e. The van der Waals surface area contributed by atoms with Crippen LogP contribution in [0, 0.1) is 0 Å². The second-order valence-electron chi connectivity index (χ2n) is 4.35. The number of carboxylic acids is 1. The molecule has 2 rings (SSSR count). The summed E-state index contributed by atoms with van der Waals surface area (Å²) < 4.78 is 32.7. The van der Waals surface area contributed by atoms with E-state index in [0.717, 1.165) is 10.9 Å². The number of carboxylic acid groups (broad SMARTS) is 1. The summed E-state index contributed by atoms with van der Waals surface area (Å²) in [6, 6.07) is 6.49. The Kier molecular flexibility index (Phi) is 4.73. The molecule has 0 amide bonds. The first-order valence-corrected chi connectivity index (χ1v) is 7.64. The van der Waals surface area contributed by atoms with Crippen LogP contribution < -0.4 is 9.46 Å².